The lowest BCUT2D eigenvalue weighted by atomic mass is 10.0. The first kappa shape index (κ1) is 16.0. The van der Waals surface area contributed by atoms with Crippen molar-refractivity contribution in [3.63, 3.8) is 0 Å². The molecule has 0 unspecified atom stereocenters. The average Bonchev–Trinajstić information content (AvgIpc) is 3.13. The van der Waals surface area contributed by atoms with Gasteiger partial charge in [-0.3, -0.25) is 14.5 Å². The van der Waals surface area contributed by atoms with Crippen LogP contribution in [0, 0.1) is 5.92 Å². The fourth-order valence-electron chi connectivity index (χ4n) is 3.55. The average molecular weight is 319 g/mol. The minimum Gasteiger partial charge on any atom is -0.342 e. The van der Waals surface area contributed by atoms with Crippen molar-refractivity contribution >= 4 is 11.8 Å². The topological polar surface area (TPSA) is 61.7 Å². The zero-order valence-corrected chi connectivity index (χ0v) is 14.1. The molecule has 2 aliphatic rings. The molecule has 126 valence electrons. The summed E-state index contributed by atoms with van der Waals surface area (Å²) in [6.45, 7) is 5.37. The van der Waals surface area contributed by atoms with Gasteiger partial charge in [0.25, 0.3) is 0 Å². The number of hydrogen-bond donors (Lipinski definition) is 0. The van der Waals surface area contributed by atoms with Crippen LogP contribution in [0.5, 0.6) is 0 Å². The number of likely N-dealkylation sites (tertiary alicyclic amines) is 1. The maximum atomic E-state index is 12.8. The molecule has 0 spiro atoms. The van der Waals surface area contributed by atoms with Gasteiger partial charge in [-0.1, -0.05) is 0 Å². The third-order valence-electron chi connectivity index (χ3n) is 5.06. The van der Waals surface area contributed by atoms with E-state index in [4.69, 9.17) is 0 Å². The Morgan fingerprint density at radius 2 is 2.09 bits per heavy atom. The lowest BCUT2D eigenvalue weighted by molar-refractivity contribution is -0.138. The Bertz CT molecular complexity index is 599. The van der Waals surface area contributed by atoms with E-state index in [1.165, 1.54) is 0 Å². The van der Waals surface area contributed by atoms with E-state index in [0.717, 1.165) is 12.4 Å². The van der Waals surface area contributed by atoms with Crippen molar-refractivity contribution in [2.45, 2.75) is 19.4 Å². The highest BCUT2D eigenvalue weighted by atomic mass is 16.2. The molecule has 2 saturated heterocycles. The summed E-state index contributed by atoms with van der Waals surface area (Å²) in [5.41, 5.74) is 0. The quantitative estimate of drug-likeness (QED) is 0.793. The van der Waals surface area contributed by atoms with Crippen LogP contribution in [0.15, 0.2) is 12.4 Å². The van der Waals surface area contributed by atoms with Gasteiger partial charge in [-0.2, -0.15) is 0 Å². The van der Waals surface area contributed by atoms with Crippen molar-refractivity contribution in [2.24, 2.45) is 13.0 Å². The van der Waals surface area contributed by atoms with Crippen LogP contribution in [-0.2, 0) is 16.6 Å². The second kappa shape index (κ2) is 6.31. The maximum Gasteiger partial charge on any atom is 0.228 e. The Labute approximate surface area is 136 Å². The predicted octanol–water partition coefficient (Wildman–Crippen LogP) is 0.104. The third kappa shape index (κ3) is 2.97. The van der Waals surface area contributed by atoms with Gasteiger partial charge in [-0.25, -0.2) is 4.98 Å². The van der Waals surface area contributed by atoms with Crippen LogP contribution < -0.4 is 0 Å². The number of aromatic nitrogens is 2. The van der Waals surface area contributed by atoms with Crippen LogP contribution in [0.3, 0.4) is 0 Å². The van der Waals surface area contributed by atoms with E-state index in [9.17, 15) is 9.59 Å². The van der Waals surface area contributed by atoms with Crippen molar-refractivity contribution in [3.8, 4) is 0 Å². The standard InChI is InChI=1S/C16H25N5O2/c1-4-20-10-12(9-14(20)22)16(23)21-8-7-18(2)13(11-21)15-17-5-6-19(15)3/h5-6,12-13H,4,7-11H2,1-3H3/t12-,13+/m1/s1. The molecule has 0 saturated carbocycles. The van der Waals surface area contributed by atoms with Crippen molar-refractivity contribution in [1.29, 1.82) is 0 Å². The Balaban J connectivity index is 1.70. The van der Waals surface area contributed by atoms with Gasteiger partial charge >= 0.3 is 0 Å². The lowest BCUT2D eigenvalue weighted by Gasteiger charge is -2.39. The van der Waals surface area contributed by atoms with Crippen LogP contribution >= 0.6 is 0 Å². The smallest absolute Gasteiger partial charge is 0.228 e. The zero-order valence-electron chi connectivity index (χ0n) is 14.1. The number of aryl methyl sites for hydroxylation is 1. The van der Waals surface area contributed by atoms with Crippen LogP contribution in [0.4, 0.5) is 0 Å². The van der Waals surface area contributed by atoms with E-state index < -0.39 is 0 Å². The van der Waals surface area contributed by atoms with E-state index in [1.807, 2.05) is 29.6 Å². The summed E-state index contributed by atoms with van der Waals surface area (Å²) in [4.78, 5) is 35.1. The highest BCUT2D eigenvalue weighted by Gasteiger charge is 2.38. The molecular formula is C16H25N5O2. The number of carbonyl (C=O) groups is 2. The van der Waals surface area contributed by atoms with E-state index in [2.05, 4.69) is 16.9 Å². The summed E-state index contributed by atoms with van der Waals surface area (Å²) < 4.78 is 2.01. The lowest BCUT2D eigenvalue weighted by Crippen LogP contribution is -2.51. The third-order valence-corrected chi connectivity index (χ3v) is 5.06. The van der Waals surface area contributed by atoms with Crippen LogP contribution in [0.1, 0.15) is 25.2 Å². The molecule has 1 aromatic rings. The molecule has 7 nitrogen and oxygen atoms in total. The number of piperazine rings is 1. The van der Waals surface area contributed by atoms with Crippen molar-refractivity contribution in [3.05, 3.63) is 18.2 Å². The van der Waals surface area contributed by atoms with Gasteiger partial charge in [0, 0.05) is 58.6 Å². The van der Waals surface area contributed by atoms with Gasteiger partial charge in [0.1, 0.15) is 5.82 Å². The minimum atomic E-state index is -0.187. The minimum absolute atomic E-state index is 0.0978. The normalized spacial score (nSPS) is 26.1. The van der Waals surface area contributed by atoms with Gasteiger partial charge < -0.3 is 14.4 Å². The van der Waals surface area contributed by atoms with Gasteiger partial charge in [0.15, 0.2) is 0 Å². The molecule has 0 aromatic carbocycles. The first-order chi connectivity index (χ1) is 11.0. The molecule has 2 aliphatic heterocycles. The highest BCUT2D eigenvalue weighted by molar-refractivity contribution is 5.89. The molecule has 0 N–H and O–H groups in total. The summed E-state index contributed by atoms with van der Waals surface area (Å²) in [6.07, 6.45) is 4.07. The van der Waals surface area contributed by atoms with Gasteiger partial charge in [-0.15, -0.1) is 0 Å². The van der Waals surface area contributed by atoms with E-state index in [1.54, 1.807) is 11.1 Å². The SMILES string of the molecule is CCN1C[C@H](C(=O)N2CCN(C)[C@H](c3nccn3C)C2)CC1=O. The molecule has 0 radical (unpaired) electrons. The van der Waals surface area contributed by atoms with E-state index in [0.29, 0.717) is 32.6 Å². The Hall–Kier alpha value is -1.89. The van der Waals surface area contributed by atoms with Crippen LogP contribution in [0.25, 0.3) is 0 Å². The summed E-state index contributed by atoms with van der Waals surface area (Å²) in [5, 5.41) is 0. The molecule has 0 aliphatic carbocycles. The molecule has 2 atom stereocenters. The predicted molar refractivity (Wildman–Crippen MR) is 85.5 cm³/mol. The number of rotatable bonds is 3. The molecule has 2 fully saturated rings. The Morgan fingerprint density at radius 3 is 2.70 bits per heavy atom. The Morgan fingerprint density at radius 1 is 1.30 bits per heavy atom. The number of imidazole rings is 1. The van der Waals surface area contributed by atoms with Crippen LogP contribution in [-0.4, -0.2) is 75.8 Å². The number of carbonyl (C=O) groups excluding carboxylic acids is 2. The number of amides is 2. The van der Waals surface area contributed by atoms with Crippen molar-refractivity contribution < 1.29 is 9.59 Å². The van der Waals surface area contributed by atoms with Gasteiger partial charge in [-0.05, 0) is 14.0 Å². The highest BCUT2D eigenvalue weighted by Crippen LogP contribution is 2.26. The number of likely N-dealkylation sites (N-methyl/N-ethyl adjacent to an activating group) is 1. The molecule has 1 aromatic heterocycles. The fourth-order valence-corrected chi connectivity index (χ4v) is 3.55. The van der Waals surface area contributed by atoms with Gasteiger partial charge in [0.2, 0.25) is 11.8 Å². The van der Waals surface area contributed by atoms with E-state index in [-0.39, 0.29) is 23.8 Å². The van der Waals surface area contributed by atoms with Gasteiger partial charge in [0.05, 0.1) is 12.0 Å². The summed E-state index contributed by atoms with van der Waals surface area (Å²) in [7, 11) is 4.05. The summed E-state index contributed by atoms with van der Waals surface area (Å²) in [6, 6.07) is 0.104. The molecule has 0 bridgehead atoms. The second-order valence-corrected chi connectivity index (χ2v) is 6.51. The summed E-state index contributed by atoms with van der Waals surface area (Å²) in [5.74, 6) is 0.998. The number of nitrogens with zero attached hydrogens (tertiary/aromatic N) is 5. The molecule has 23 heavy (non-hydrogen) atoms. The molecule has 7 heteroatoms. The molecular weight excluding hydrogens is 294 g/mol. The first-order valence-electron chi connectivity index (χ1n) is 8.25. The zero-order chi connectivity index (χ0) is 16.6. The second-order valence-electron chi connectivity index (χ2n) is 6.51. The van der Waals surface area contributed by atoms with Crippen molar-refractivity contribution in [1.82, 2.24) is 24.3 Å². The van der Waals surface area contributed by atoms with Crippen LogP contribution in [0.2, 0.25) is 0 Å². The van der Waals surface area contributed by atoms with Crippen molar-refractivity contribution in [2.75, 3.05) is 39.8 Å². The Kier molecular flexibility index (Phi) is 4.39. The monoisotopic (exact) mass is 319 g/mol. The molecule has 3 heterocycles. The molecule has 3 rings (SSSR count). The molecule has 2 amide bonds. The fraction of sp³-hybridized carbons (Fsp3) is 0.688. The summed E-state index contributed by atoms with van der Waals surface area (Å²) >= 11 is 0. The first-order valence-corrected chi connectivity index (χ1v) is 8.25. The maximum absolute atomic E-state index is 12.8. The van der Waals surface area contributed by atoms with E-state index >= 15 is 0 Å². The largest absolute Gasteiger partial charge is 0.342 e. The number of hydrogen-bond acceptors (Lipinski definition) is 4.